The zero-order valence-electron chi connectivity index (χ0n) is 14.9. The largest absolute Gasteiger partial charge is 0.494 e. The van der Waals surface area contributed by atoms with Crippen molar-refractivity contribution in [1.29, 1.82) is 0 Å². The Kier molecular flexibility index (Phi) is 5.31. The lowest BCUT2D eigenvalue weighted by molar-refractivity contribution is 0.104. The molecule has 0 aromatic heterocycles. The fourth-order valence-corrected chi connectivity index (χ4v) is 2.69. The number of allylic oxidation sites excluding steroid dienone is 1. The molecule has 0 spiro atoms. The molecule has 0 aliphatic carbocycles. The van der Waals surface area contributed by atoms with Gasteiger partial charge < -0.3 is 23.7 Å². The molecule has 0 bridgehead atoms. The van der Waals surface area contributed by atoms with E-state index in [1.807, 2.05) is 13.0 Å². The van der Waals surface area contributed by atoms with Crippen molar-refractivity contribution in [2.45, 2.75) is 6.92 Å². The van der Waals surface area contributed by atoms with Crippen LogP contribution in [-0.4, -0.2) is 33.4 Å². The number of carbonyl (C=O) groups is 1. The van der Waals surface area contributed by atoms with E-state index in [0.29, 0.717) is 46.5 Å². The number of carbonyl (C=O) groups excluding carboxylic acids is 1. The van der Waals surface area contributed by atoms with Gasteiger partial charge in [-0.2, -0.15) is 0 Å². The molecular weight excluding hydrogens is 336 g/mol. The van der Waals surface area contributed by atoms with Gasteiger partial charge in [-0.3, -0.25) is 4.79 Å². The molecule has 2 aromatic rings. The van der Waals surface area contributed by atoms with E-state index >= 15 is 0 Å². The monoisotopic (exact) mass is 356 g/mol. The molecule has 0 radical (unpaired) electrons. The number of rotatable bonds is 7. The summed E-state index contributed by atoms with van der Waals surface area (Å²) in [6.45, 7) is 2.54. The first-order chi connectivity index (χ1) is 12.7. The quantitative estimate of drug-likeness (QED) is 0.556. The first-order valence-corrected chi connectivity index (χ1v) is 8.17. The molecule has 1 aliphatic heterocycles. The lowest BCUT2D eigenvalue weighted by atomic mass is 10.1. The van der Waals surface area contributed by atoms with Crippen molar-refractivity contribution in [2.75, 3.05) is 27.6 Å². The van der Waals surface area contributed by atoms with Crippen molar-refractivity contribution in [3.63, 3.8) is 0 Å². The summed E-state index contributed by atoms with van der Waals surface area (Å²) < 4.78 is 27.1. The first-order valence-electron chi connectivity index (χ1n) is 8.17. The van der Waals surface area contributed by atoms with Gasteiger partial charge in [-0.1, -0.05) is 12.1 Å². The first kappa shape index (κ1) is 17.7. The standard InChI is InChI=1S/C20H20O6/c1-4-24-15-7-5-6-13(10-15)16(21)9-8-14-11-17(22-2)19-20(18(14)23-3)26-12-25-19/h5-11H,4,12H2,1-3H3. The molecule has 26 heavy (non-hydrogen) atoms. The van der Waals surface area contributed by atoms with E-state index < -0.39 is 0 Å². The van der Waals surface area contributed by atoms with Gasteiger partial charge in [-0.15, -0.1) is 0 Å². The molecule has 2 aromatic carbocycles. The molecule has 0 atom stereocenters. The fourth-order valence-electron chi connectivity index (χ4n) is 2.69. The average Bonchev–Trinajstić information content (AvgIpc) is 3.15. The molecule has 3 rings (SSSR count). The number of ether oxygens (including phenoxy) is 5. The highest BCUT2D eigenvalue weighted by atomic mass is 16.7. The summed E-state index contributed by atoms with van der Waals surface area (Å²) in [5, 5.41) is 0. The van der Waals surface area contributed by atoms with Crippen LogP contribution in [0.15, 0.2) is 36.4 Å². The molecule has 6 nitrogen and oxygen atoms in total. The van der Waals surface area contributed by atoms with Crippen molar-refractivity contribution < 1.29 is 28.5 Å². The minimum Gasteiger partial charge on any atom is -0.494 e. The summed E-state index contributed by atoms with van der Waals surface area (Å²) in [5.41, 5.74) is 1.20. The number of benzene rings is 2. The molecule has 136 valence electrons. The average molecular weight is 356 g/mol. The highest BCUT2D eigenvalue weighted by molar-refractivity contribution is 6.07. The third-order valence-corrected chi connectivity index (χ3v) is 3.86. The summed E-state index contributed by atoms with van der Waals surface area (Å²) >= 11 is 0. The maximum Gasteiger partial charge on any atom is 0.231 e. The number of ketones is 1. The Labute approximate surface area is 151 Å². The van der Waals surface area contributed by atoms with Crippen molar-refractivity contribution >= 4 is 11.9 Å². The van der Waals surface area contributed by atoms with E-state index in [-0.39, 0.29) is 12.6 Å². The van der Waals surface area contributed by atoms with Gasteiger partial charge in [0.05, 0.1) is 20.8 Å². The predicted octanol–water partition coefficient (Wildman–Crippen LogP) is 3.73. The van der Waals surface area contributed by atoms with E-state index in [2.05, 4.69) is 0 Å². The normalized spacial score (nSPS) is 12.3. The molecule has 0 saturated heterocycles. The van der Waals surface area contributed by atoms with Crippen molar-refractivity contribution in [3.05, 3.63) is 47.5 Å². The number of hydrogen-bond acceptors (Lipinski definition) is 6. The molecule has 0 saturated carbocycles. The minimum absolute atomic E-state index is 0.0956. The third-order valence-electron chi connectivity index (χ3n) is 3.86. The van der Waals surface area contributed by atoms with Crippen LogP contribution >= 0.6 is 0 Å². The van der Waals surface area contributed by atoms with E-state index in [0.717, 1.165) is 0 Å². The Bertz CT molecular complexity index is 840. The zero-order valence-corrected chi connectivity index (χ0v) is 14.9. The maximum atomic E-state index is 12.5. The number of methoxy groups -OCH3 is 2. The van der Waals surface area contributed by atoms with E-state index in [1.165, 1.54) is 13.2 Å². The molecule has 0 amide bonds. The number of hydrogen-bond donors (Lipinski definition) is 0. The SMILES string of the molecule is CCOc1cccc(C(=O)C=Cc2cc(OC)c3c(c2OC)OCO3)c1. The van der Waals surface area contributed by atoms with E-state index in [9.17, 15) is 4.79 Å². The van der Waals surface area contributed by atoms with Crippen LogP contribution in [0.2, 0.25) is 0 Å². The van der Waals surface area contributed by atoms with Crippen LogP contribution in [0, 0.1) is 0 Å². The van der Waals surface area contributed by atoms with Gasteiger partial charge in [0.15, 0.2) is 17.3 Å². The van der Waals surface area contributed by atoms with Crippen molar-refractivity contribution in [1.82, 2.24) is 0 Å². The second kappa shape index (κ2) is 7.82. The van der Waals surface area contributed by atoms with Crippen molar-refractivity contribution in [2.24, 2.45) is 0 Å². The molecule has 6 heteroatoms. The van der Waals surface area contributed by atoms with Crippen LogP contribution in [-0.2, 0) is 0 Å². The molecule has 0 N–H and O–H groups in total. The Morgan fingerprint density at radius 1 is 1.15 bits per heavy atom. The summed E-state index contributed by atoms with van der Waals surface area (Å²) in [5.74, 6) is 2.49. The topological polar surface area (TPSA) is 63.2 Å². The van der Waals surface area contributed by atoms with Crippen LogP contribution in [0.25, 0.3) is 6.08 Å². The fraction of sp³-hybridized carbons (Fsp3) is 0.250. The highest BCUT2D eigenvalue weighted by Gasteiger charge is 2.26. The van der Waals surface area contributed by atoms with Gasteiger partial charge in [0.2, 0.25) is 18.3 Å². The van der Waals surface area contributed by atoms with Crippen LogP contribution in [0.5, 0.6) is 28.7 Å². The van der Waals surface area contributed by atoms with Gasteiger partial charge in [0.1, 0.15) is 5.75 Å². The van der Waals surface area contributed by atoms with E-state index in [1.54, 1.807) is 37.5 Å². The smallest absolute Gasteiger partial charge is 0.231 e. The van der Waals surface area contributed by atoms with Crippen LogP contribution in [0.4, 0.5) is 0 Å². The van der Waals surface area contributed by atoms with Gasteiger partial charge in [-0.05, 0) is 37.3 Å². The maximum absolute atomic E-state index is 12.5. The summed E-state index contributed by atoms with van der Waals surface area (Å²) in [7, 11) is 3.08. The van der Waals surface area contributed by atoms with Crippen LogP contribution in [0.1, 0.15) is 22.8 Å². The van der Waals surface area contributed by atoms with Gasteiger partial charge in [0.25, 0.3) is 0 Å². The highest BCUT2D eigenvalue weighted by Crippen LogP contribution is 2.49. The minimum atomic E-state index is -0.148. The molecule has 0 unspecified atom stereocenters. The lowest BCUT2D eigenvalue weighted by Gasteiger charge is -2.11. The lowest BCUT2D eigenvalue weighted by Crippen LogP contribution is -1.97. The Morgan fingerprint density at radius 3 is 2.69 bits per heavy atom. The Hall–Kier alpha value is -3.15. The molecule has 0 fully saturated rings. The van der Waals surface area contributed by atoms with Gasteiger partial charge >= 0.3 is 0 Å². The van der Waals surface area contributed by atoms with Gasteiger partial charge in [0, 0.05) is 11.1 Å². The van der Waals surface area contributed by atoms with Crippen LogP contribution in [0.3, 0.4) is 0 Å². The Balaban J connectivity index is 1.91. The summed E-state index contributed by atoms with van der Waals surface area (Å²) in [4.78, 5) is 12.5. The summed E-state index contributed by atoms with van der Waals surface area (Å²) in [6.07, 6.45) is 3.14. The van der Waals surface area contributed by atoms with Gasteiger partial charge in [-0.25, -0.2) is 0 Å². The number of fused-ring (bicyclic) bond motifs is 1. The molecule has 1 heterocycles. The third kappa shape index (κ3) is 3.44. The second-order valence-electron chi connectivity index (χ2n) is 5.42. The predicted molar refractivity (Wildman–Crippen MR) is 96.6 cm³/mol. The second-order valence-corrected chi connectivity index (χ2v) is 5.42. The van der Waals surface area contributed by atoms with Crippen molar-refractivity contribution in [3.8, 4) is 28.7 Å². The van der Waals surface area contributed by atoms with E-state index in [4.69, 9.17) is 23.7 Å². The van der Waals surface area contributed by atoms with Crippen LogP contribution < -0.4 is 23.7 Å². The molecular formula is C20H20O6. The summed E-state index contributed by atoms with van der Waals surface area (Å²) in [6, 6.07) is 8.80. The Morgan fingerprint density at radius 2 is 1.96 bits per heavy atom. The molecule has 1 aliphatic rings. The zero-order chi connectivity index (χ0) is 18.5.